The molecular weight excluding hydrogens is 423 g/mol. The maximum absolute atomic E-state index is 13.5. The van der Waals surface area contributed by atoms with Crippen molar-refractivity contribution < 1.29 is 27.1 Å². The molecule has 3 rings (SSSR count). The molecule has 0 radical (unpaired) electrons. The smallest absolute Gasteiger partial charge is 0.261 e. The predicted octanol–water partition coefficient (Wildman–Crippen LogP) is 4.29. The number of benzene rings is 2. The second-order valence-electron chi connectivity index (χ2n) is 6.89. The van der Waals surface area contributed by atoms with Gasteiger partial charge in [0.15, 0.2) is 21.3 Å². The van der Waals surface area contributed by atoms with Gasteiger partial charge in [-0.3, -0.25) is 4.79 Å². The van der Waals surface area contributed by atoms with Crippen LogP contribution in [0, 0.1) is 19.7 Å². The summed E-state index contributed by atoms with van der Waals surface area (Å²) in [4.78, 5) is 17.4. The summed E-state index contributed by atoms with van der Waals surface area (Å²) in [6.45, 7) is 3.56. The minimum absolute atomic E-state index is 0.00442. The third-order valence-electron chi connectivity index (χ3n) is 4.53. The Labute approximate surface area is 179 Å². The molecule has 0 aliphatic rings. The Morgan fingerprint density at radius 3 is 2.48 bits per heavy atom. The van der Waals surface area contributed by atoms with Crippen molar-refractivity contribution in [2.75, 3.05) is 18.7 Å². The van der Waals surface area contributed by atoms with E-state index in [9.17, 15) is 17.6 Å². The van der Waals surface area contributed by atoms with Crippen molar-refractivity contribution in [2.24, 2.45) is 0 Å². The number of amides is 1. The molecule has 3 aromatic rings. The highest BCUT2D eigenvalue weighted by molar-refractivity contribution is 7.90. The van der Waals surface area contributed by atoms with Crippen LogP contribution >= 0.6 is 0 Å². The molecule has 0 unspecified atom stereocenters. The molecule has 1 heterocycles. The normalized spacial score (nSPS) is 11.1. The molecule has 31 heavy (non-hydrogen) atoms. The fourth-order valence-electron chi connectivity index (χ4n) is 2.76. The van der Waals surface area contributed by atoms with Crippen molar-refractivity contribution in [1.29, 1.82) is 0 Å². The van der Waals surface area contributed by atoms with Gasteiger partial charge in [0.05, 0.1) is 12.0 Å². The molecule has 2 aromatic carbocycles. The SMILES string of the molecule is COc1cc(F)ccc1Oc1nc(C)c(C)cc1C(=O)Nc1cccc(S(C)(=O)=O)c1. The molecule has 0 atom stereocenters. The van der Waals surface area contributed by atoms with Gasteiger partial charge in [-0.25, -0.2) is 17.8 Å². The molecule has 1 N–H and O–H groups in total. The van der Waals surface area contributed by atoms with Crippen molar-refractivity contribution in [3.63, 3.8) is 0 Å². The van der Waals surface area contributed by atoms with Gasteiger partial charge in [-0.2, -0.15) is 0 Å². The molecule has 0 saturated carbocycles. The monoisotopic (exact) mass is 444 g/mol. The van der Waals surface area contributed by atoms with Crippen LogP contribution in [-0.4, -0.2) is 32.7 Å². The molecule has 0 aliphatic heterocycles. The minimum atomic E-state index is -3.43. The van der Waals surface area contributed by atoms with Crippen LogP contribution in [-0.2, 0) is 9.84 Å². The lowest BCUT2D eigenvalue weighted by Crippen LogP contribution is -2.15. The number of aromatic nitrogens is 1. The Kier molecular flexibility index (Phi) is 6.26. The fourth-order valence-corrected chi connectivity index (χ4v) is 3.42. The number of methoxy groups -OCH3 is 1. The summed E-state index contributed by atoms with van der Waals surface area (Å²) >= 11 is 0. The topological polar surface area (TPSA) is 94.6 Å². The highest BCUT2D eigenvalue weighted by Crippen LogP contribution is 2.33. The highest BCUT2D eigenvalue weighted by Gasteiger charge is 2.19. The Morgan fingerprint density at radius 1 is 1.06 bits per heavy atom. The van der Waals surface area contributed by atoms with Crippen LogP contribution in [0.15, 0.2) is 53.4 Å². The Balaban J connectivity index is 1.98. The first-order valence-electron chi connectivity index (χ1n) is 9.19. The highest BCUT2D eigenvalue weighted by atomic mass is 32.2. The number of nitrogens with one attached hydrogen (secondary N) is 1. The zero-order valence-electron chi connectivity index (χ0n) is 17.4. The van der Waals surface area contributed by atoms with Gasteiger partial charge in [-0.1, -0.05) is 6.07 Å². The van der Waals surface area contributed by atoms with Gasteiger partial charge < -0.3 is 14.8 Å². The van der Waals surface area contributed by atoms with E-state index in [-0.39, 0.29) is 27.8 Å². The Bertz CT molecular complexity index is 1260. The van der Waals surface area contributed by atoms with Gasteiger partial charge in [0.1, 0.15) is 11.4 Å². The second-order valence-corrected chi connectivity index (χ2v) is 8.91. The molecule has 1 amide bonds. The number of sulfone groups is 1. The summed E-state index contributed by atoms with van der Waals surface area (Å²) < 4.78 is 48.0. The first kappa shape index (κ1) is 22.2. The molecular formula is C22H21FN2O5S. The third kappa shape index (κ3) is 5.18. The molecule has 1 aromatic heterocycles. The average molecular weight is 444 g/mol. The molecule has 9 heteroatoms. The van der Waals surface area contributed by atoms with Crippen LogP contribution in [0.4, 0.5) is 10.1 Å². The van der Waals surface area contributed by atoms with Gasteiger partial charge in [0.2, 0.25) is 5.88 Å². The van der Waals surface area contributed by atoms with Gasteiger partial charge in [-0.05, 0) is 55.8 Å². The van der Waals surface area contributed by atoms with Gasteiger partial charge >= 0.3 is 0 Å². The van der Waals surface area contributed by atoms with E-state index in [2.05, 4.69) is 10.3 Å². The molecule has 0 fully saturated rings. The van der Waals surface area contributed by atoms with E-state index in [0.717, 1.165) is 17.9 Å². The third-order valence-corrected chi connectivity index (χ3v) is 5.64. The second kappa shape index (κ2) is 8.73. The lowest BCUT2D eigenvalue weighted by molar-refractivity contribution is 0.102. The summed E-state index contributed by atoms with van der Waals surface area (Å²) in [6.07, 6.45) is 1.09. The lowest BCUT2D eigenvalue weighted by Gasteiger charge is -2.15. The van der Waals surface area contributed by atoms with Gasteiger partial charge in [-0.15, -0.1) is 0 Å². The molecule has 162 valence electrons. The average Bonchev–Trinajstić information content (AvgIpc) is 2.71. The summed E-state index contributed by atoms with van der Waals surface area (Å²) in [7, 11) is -2.06. The largest absolute Gasteiger partial charge is 0.493 e. The summed E-state index contributed by atoms with van der Waals surface area (Å²) in [5, 5.41) is 2.67. The van der Waals surface area contributed by atoms with Crippen LogP contribution in [0.25, 0.3) is 0 Å². The summed E-state index contributed by atoms with van der Waals surface area (Å²) in [5.74, 6) is -0.705. The predicted molar refractivity (Wildman–Crippen MR) is 114 cm³/mol. The fraction of sp³-hybridized carbons (Fsp3) is 0.182. The lowest BCUT2D eigenvalue weighted by atomic mass is 10.1. The maximum Gasteiger partial charge on any atom is 0.261 e. The van der Waals surface area contributed by atoms with Crippen LogP contribution < -0.4 is 14.8 Å². The number of hydrogen-bond acceptors (Lipinski definition) is 6. The first-order valence-corrected chi connectivity index (χ1v) is 11.1. The van der Waals surface area contributed by atoms with E-state index in [1.54, 1.807) is 26.0 Å². The number of rotatable bonds is 6. The number of anilines is 1. The zero-order chi connectivity index (χ0) is 22.8. The van der Waals surface area contributed by atoms with E-state index in [0.29, 0.717) is 11.4 Å². The summed E-state index contributed by atoms with van der Waals surface area (Å²) in [5.41, 5.74) is 1.83. The number of carbonyl (C=O) groups excluding carboxylic acids is 1. The van der Waals surface area contributed by atoms with E-state index in [1.807, 2.05) is 0 Å². The summed E-state index contributed by atoms with van der Waals surface area (Å²) in [6, 6.07) is 11.3. The van der Waals surface area contributed by atoms with Crippen LogP contribution in [0.3, 0.4) is 0 Å². The van der Waals surface area contributed by atoms with Crippen molar-refractivity contribution in [2.45, 2.75) is 18.7 Å². The van der Waals surface area contributed by atoms with E-state index >= 15 is 0 Å². The molecule has 0 saturated heterocycles. The van der Waals surface area contributed by atoms with Gasteiger partial charge in [0, 0.05) is 23.7 Å². The molecule has 0 aliphatic carbocycles. The van der Waals surface area contributed by atoms with Crippen molar-refractivity contribution >= 4 is 21.4 Å². The van der Waals surface area contributed by atoms with E-state index in [4.69, 9.17) is 9.47 Å². The van der Waals surface area contributed by atoms with Gasteiger partial charge in [0.25, 0.3) is 5.91 Å². The number of nitrogens with zero attached hydrogens (tertiary/aromatic N) is 1. The van der Waals surface area contributed by atoms with Crippen LogP contribution in [0.1, 0.15) is 21.6 Å². The molecule has 0 bridgehead atoms. The van der Waals surface area contributed by atoms with Crippen molar-refractivity contribution in [1.82, 2.24) is 4.98 Å². The number of hydrogen-bond donors (Lipinski definition) is 1. The minimum Gasteiger partial charge on any atom is -0.493 e. The van der Waals surface area contributed by atoms with Crippen molar-refractivity contribution in [3.05, 3.63) is 71.2 Å². The zero-order valence-corrected chi connectivity index (χ0v) is 18.2. The first-order chi connectivity index (χ1) is 14.6. The number of pyridine rings is 1. The standard InChI is InChI=1S/C22H21FN2O5S/c1-13-10-18(21(26)25-16-6-5-7-17(12-16)31(4,27)28)22(24-14(13)2)30-19-9-8-15(23)11-20(19)29-3/h5-12H,1-4H3,(H,25,26). The van der Waals surface area contributed by atoms with E-state index in [1.165, 1.54) is 37.4 Å². The van der Waals surface area contributed by atoms with E-state index < -0.39 is 21.6 Å². The Hall–Kier alpha value is -3.46. The van der Waals surface area contributed by atoms with Crippen molar-refractivity contribution in [3.8, 4) is 17.4 Å². The van der Waals surface area contributed by atoms with Crippen LogP contribution in [0.5, 0.6) is 17.4 Å². The maximum atomic E-state index is 13.5. The number of ether oxygens (including phenoxy) is 2. The number of aryl methyl sites for hydroxylation is 2. The molecule has 7 nitrogen and oxygen atoms in total. The van der Waals surface area contributed by atoms with Crippen LogP contribution in [0.2, 0.25) is 0 Å². The Morgan fingerprint density at radius 2 is 1.81 bits per heavy atom. The quantitative estimate of drug-likeness (QED) is 0.609. The number of halogens is 1. The molecule has 0 spiro atoms. The number of carbonyl (C=O) groups is 1.